The highest BCUT2D eigenvalue weighted by Crippen LogP contribution is 2.17. The lowest BCUT2D eigenvalue weighted by Crippen LogP contribution is -2.41. The van der Waals surface area contributed by atoms with Crippen molar-refractivity contribution in [2.45, 2.75) is 25.4 Å². The highest BCUT2D eigenvalue weighted by Gasteiger charge is 2.20. The Morgan fingerprint density at radius 1 is 1.42 bits per heavy atom. The number of piperidine rings is 1. The lowest BCUT2D eigenvalue weighted by Gasteiger charge is -2.35. The largest absolute Gasteiger partial charge is 0.389 e. The average molecular weight is 277 g/mol. The van der Waals surface area contributed by atoms with E-state index in [1.165, 1.54) is 31.5 Å². The fourth-order valence-electron chi connectivity index (χ4n) is 2.68. The van der Waals surface area contributed by atoms with E-state index in [1.807, 2.05) is 12.1 Å². The molecular formula is C15H23N3S. The van der Waals surface area contributed by atoms with Crippen LogP contribution in [-0.2, 0) is 6.54 Å². The Morgan fingerprint density at radius 3 is 2.74 bits per heavy atom. The summed E-state index contributed by atoms with van der Waals surface area (Å²) in [6.07, 6.45) is 2.50. The minimum Gasteiger partial charge on any atom is -0.389 e. The van der Waals surface area contributed by atoms with Crippen LogP contribution in [0.1, 0.15) is 24.0 Å². The van der Waals surface area contributed by atoms with Gasteiger partial charge in [-0.2, -0.15) is 0 Å². The zero-order valence-electron chi connectivity index (χ0n) is 11.8. The third-order valence-corrected chi connectivity index (χ3v) is 4.19. The van der Waals surface area contributed by atoms with Crippen LogP contribution in [0.3, 0.4) is 0 Å². The zero-order chi connectivity index (χ0) is 13.8. The van der Waals surface area contributed by atoms with Gasteiger partial charge < -0.3 is 10.6 Å². The van der Waals surface area contributed by atoms with Crippen LogP contribution in [0.15, 0.2) is 24.3 Å². The molecule has 19 heavy (non-hydrogen) atoms. The minimum atomic E-state index is 0.476. The number of likely N-dealkylation sites (tertiary alicyclic amines) is 1. The van der Waals surface area contributed by atoms with Gasteiger partial charge in [-0.25, -0.2) is 0 Å². The number of benzene rings is 1. The van der Waals surface area contributed by atoms with E-state index in [9.17, 15) is 0 Å². The van der Waals surface area contributed by atoms with E-state index in [4.69, 9.17) is 18.0 Å². The molecule has 2 rings (SSSR count). The van der Waals surface area contributed by atoms with Crippen molar-refractivity contribution in [3.8, 4) is 0 Å². The molecule has 0 atom stereocenters. The Morgan fingerprint density at radius 2 is 2.11 bits per heavy atom. The van der Waals surface area contributed by atoms with Crippen LogP contribution >= 0.6 is 12.2 Å². The first-order chi connectivity index (χ1) is 9.06. The van der Waals surface area contributed by atoms with Crippen LogP contribution in [0.5, 0.6) is 0 Å². The fraction of sp³-hybridized carbons (Fsp3) is 0.533. The molecule has 1 saturated heterocycles. The molecule has 1 aliphatic rings. The Balaban J connectivity index is 1.96. The second-order valence-corrected chi connectivity index (χ2v) is 5.95. The molecule has 0 aromatic heterocycles. The van der Waals surface area contributed by atoms with E-state index in [0.717, 1.165) is 12.1 Å². The SMILES string of the molecule is CN1CCC(N(C)Cc2cccc(C(N)=S)c2)CC1. The number of nitrogens with zero attached hydrogens (tertiary/aromatic N) is 2. The molecule has 0 radical (unpaired) electrons. The molecule has 2 N–H and O–H groups in total. The van der Waals surface area contributed by atoms with Crippen molar-refractivity contribution >= 4 is 17.2 Å². The molecule has 0 amide bonds. The lowest BCUT2D eigenvalue weighted by molar-refractivity contribution is 0.139. The number of hydrogen-bond donors (Lipinski definition) is 1. The van der Waals surface area contributed by atoms with Crippen LogP contribution < -0.4 is 5.73 Å². The van der Waals surface area contributed by atoms with Crippen LogP contribution in [-0.4, -0.2) is 48.0 Å². The van der Waals surface area contributed by atoms with Crippen LogP contribution in [0, 0.1) is 0 Å². The monoisotopic (exact) mass is 277 g/mol. The molecule has 104 valence electrons. The summed E-state index contributed by atoms with van der Waals surface area (Å²) in [5, 5.41) is 0. The second kappa shape index (κ2) is 6.46. The van der Waals surface area contributed by atoms with Gasteiger partial charge in [0.05, 0.1) is 0 Å². The molecule has 0 bridgehead atoms. The minimum absolute atomic E-state index is 0.476. The topological polar surface area (TPSA) is 32.5 Å². The smallest absolute Gasteiger partial charge is 0.103 e. The summed E-state index contributed by atoms with van der Waals surface area (Å²) < 4.78 is 0. The standard InChI is InChI=1S/C15H23N3S/c1-17-8-6-14(7-9-17)18(2)11-12-4-3-5-13(10-12)15(16)19/h3-5,10,14H,6-9,11H2,1-2H3,(H2,16,19). The van der Waals surface area contributed by atoms with E-state index in [2.05, 4.69) is 36.0 Å². The summed E-state index contributed by atoms with van der Waals surface area (Å²) in [4.78, 5) is 5.33. The highest BCUT2D eigenvalue weighted by atomic mass is 32.1. The van der Waals surface area contributed by atoms with E-state index in [0.29, 0.717) is 11.0 Å². The van der Waals surface area contributed by atoms with Crippen LogP contribution in [0.4, 0.5) is 0 Å². The van der Waals surface area contributed by atoms with Gasteiger partial charge >= 0.3 is 0 Å². The molecule has 0 saturated carbocycles. The Bertz CT molecular complexity index is 439. The van der Waals surface area contributed by atoms with Crippen molar-refractivity contribution < 1.29 is 0 Å². The molecule has 1 heterocycles. The van der Waals surface area contributed by atoms with Gasteiger partial charge in [0.25, 0.3) is 0 Å². The van der Waals surface area contributed by atoms with Gasteiger partial charge in [-0.05, 0) is 51.7 Å². The summed E-state index contributed by atoms with van der Waals surface area (Å²) in [6.45, 7) is 3.36. The predicted octanol–water partition coefficient (Wildman–Crippen LogP) is 1.85. The van der Waals surface area contributed by atoms with Gasteiger partial charge in [-0.3, -0.25) is 4.90 Å². The first-order valence-corrected chi connectivity index (χ1v) is 7.24. The summed E-state index contributed by atoms with van der Waals surface area (Å²) in [5.74, 6) is 0. The van der Waals surface area contributed by atoms with E-state index < -0.39 is 0 Å². The number of rotatable bonds is 4. The molecule has 1 fully saturated rings. The summed E-state index contributed by atoms with van der Waals surface area (Å²) in [6, 6.07) is 8.94. The molecule has 0 aliphatic carbocycles. The predicted molar refractivity (Wildman–Crippen MR) is 84.3 cm³/mol. The molecule has 0 unspecified atom stereocenters. The van der Waals surface area contributed by atoms with E-state index in [1.54, 1.807) is 0 Å². The van der Waals surface area contributed by atoms with Gasteiger partial charge in [-0.15, -0.1) is 0 Å². The van der Waals surface area contributed by atoms with Gasteiger partial charge in [0, 0.05) is 18.2 Å². The zero-order valence-corrected chi connectivity index (χ0v) is 12.6. The Kier molecular flexibility index (Phi) is 4.91. The third kappa shape index (κ3) is 4.00. The number of hydrogen-bond acceptors (Lipinski definition) is 3. The van der Waals surface area contributed by atoms with Gasteiger partial charge in [0.15, 0.2) is 0 Å². The third-order valence-electron chi connectivity index (χ3n) is 3.95. The molecule has 1 aromatic rings. The second-order valence-electron chi connectivity index (χ2n) is 5.51. The first-order valence-electron chi connectivity index (χ1n) is 6.84. The maximum absolute atomic E-state index is 5.68. The van der Waals surface area contributed by atoms with Gasteiger partial charge in [-0.1, -0.05) is 30.4 Å². The fourth-order valence-corrected chi connectivity index (χ4v) is 2.80. The number of nitrogens with two attached hydrogens (primary N) is 1. The molecule has 1 aliphatic heterocycles. The number of thiocarbonyl (C=S) groups is 1. The van der Waals surface area contributed by atoms with Crippen LogP contribution in [0.2, 0.25) is 0 Å². The maximum atomic E-state index is 5.68. The maximum Gasteiger partial charge on any atom is 0.103 e. The van der Waals surface area contributed by atoms with Gasteiger partial charge in [0.2, 0.25) is 0 Å². The average Bonchev–Trinajstić information content (AvgIpc) is 2.39. The molecule has 4 heteroatoms. The van der Waals surface area contributed by atoms with Crippen molar-refractivity contribution in [1.29, 1.82) is 0 Å². The summed E-state index contributed by atoms with van der Waals surface area (Å²) in [7, 11) is 4.41. The van der Waals surface area contributed by atoms with E-state index in [-0.39, 0.29) is 0 Å². The lowest BCUT2D eigenvalue weighted by atomic mass is 10.0. The quantitative estimate of drug-likeness (QED) is 0.851. The normalized spacial score (nSPS) is 17.8. The van der Waals surface area contributed by atoms with E-state index >= 15 is 0 Å². The van der Waals surface area contributed by atoms with Crippen molar-refractivity contribution in [1.82, 2.24) is 9.80 Å². The summed E-state index contributed by atoms with van der Waals surface area (Å²) in [5.41, 5.74) is 7.93. The van der Waals surface area contributed by atoms with Crippen molar-refractivity contribution in [2.24, 2.45) is 5.73 Å². The molecule has 1 aromatic carbocycles. The van der Waals surface area contributed by atoms with Crippen molar-refractivity contribution in [3.05, 3.63) is 35.4 Å². The molecular weight excluding hydrogens is 254 g/mol. The van der Waals surface area contributed by atoms with Crippen LogP contribution in [0.25, 0.3) is 0 Å². The van der Waals surface area contributed by atoms with Gasteiger partial charge in [0.1, 0.15) is 4.99 Å². The Hall–Kier alpha value is -0.970. The van der Waals surface area contributed by atoms with Crippen molar-refractivity contribution in [3.63, 3.8) is 0 Å². The summed E-state index contributed by atoms with van der Waals surface area (Å²) >= 11 is 5.03. The first kappa shape index (κ1) is 14.4. The highest BCUT2D eigenvalue weighted by molar-refractivity contribution is 7.80. The van der Waals surface area contributed by atoms with Crippen molar-refractivity contribution in [2.75, 3.05) is 27.2 Å². The molecule has 3 nitrogen and oxygen atoms in total. The Labute approximate surface area is 121 Å². The molecule has 0 spiro atoms.